The van der Waals surface area contributed by atoms with E-state index in [2.05, 4.69) is 9.98 Å². The molecule has 0 bridgehead atoms. The molecule has 1 amide bonds. The summed E-state index contributed by atoms with van der Waals surface area (Å²) in [5.74, 6) is -3.32. The number of rotatable bonds is 8. The van der Waals surface area contributed by atoms with Gasteiger partial charge >= 0.3 is 23.9 Å². The van der Waals surface area contributed by atoms with Crippen LogP contribution in [0.1, 0.15) is 33.4 Å². The predicted molar refractivity (Wildman–Crippen MR) is 153 cm³/mol. The van der Waals surface area contributed by atoms with E-state index in [1.54, 1.807) is 54.7 Å². The van der Waals surface area contributed by atoms with E-state index in [1.807, 2.05) is 0 Å². The van der Waals surface area contributed by atoms with E-state index in [9.17, 15) is 24.0 Å². The molecule has 4 rings (SSSR count). The van der Waals surface area contributed by atoms with E-state index in [0.717, 1.165) is 32.5 Å². The Morgan fingerprint density at radius 1 is 0.860 bits per heavy atom. The van der Waals surface area contributed by atoms with Crippen molar-refractivity contribution >= 4 is 58.5 Å². The van der Waals surface area contributed by atoms with Crippen LogP contribution in [0, 0.1) is 0 Å². The van der Waals surface area contributed by atoms with Gasteiger partial charge in [-0.2, -0.15) is 0 Å². The van der Waals surface area contributed by atoms with Gasteiger partial charge in [0.05, 0.1) is 11.4 Å². The molecule has 226 valence electrons. The van der Waals surface area contributed by atoms with Gasteiger partial charge in [-0.1, -0.05) is 36.0 Å². The molecule has 0 N–H and O–H groups in total. The zero-order chi connectivity index (χ0) is 31.1. The van der Waals surface area contributed by atoms with Gasteiger partial charge in [0.25, 0.3) is 5.91 Å². The van der Waals surface area contributed by atoms with Crippen LogP contribution in [0.25, 0.3) is 6.08 Å². The van der Waals surface area contributed by atoms with Gasteiger partial charge in [0.2, 0.25) is 0 Å². The molecule has 43 heavy (non-hydrogen) atoms. The van der Waals surface area contributed by atoms with Crippen molar-refractivity contribution in [2.75, 3.05) is 11.5 Å². The fourth-order valence-electron chi connectivity index (χ4n) is 4.37. The van der Waals surface area contributed by atoms with Gasteiger partial charge in [0.1, 0.15) is 18.4 Å². The third-order valence-electron chi connectivity index (χ3n) is 5.99. The maximum Gasteiger partial charge on any atom is 0.303 e. The molecule has 2 aliphatic heterocycles. The van der Waals surface area contributed by atoms with Crippen LogP contribution in [-0.4, -0.2) is 76.4 Å². The van der Waals surface area contributed by atoms with Crippen LogP contribution in [-0.2, 0) is 47.7 Å². The molecule has 0 spiro atoms. The summed E-state index contributed by atoms with van der Waals surface area (Å²) >= 11 is 0.911. The highest BCUT2D eigenvalue weighted by molar-refractivity contribution is 8.14. The smallest absolute Gasteiger partial charge is 0.303 e. The number of benzene rings is 1. The number of esters is 4. The number of thioether (sulfide) groups is 1. The quantitative estimate of drug-likeness (QED) is 0.244. The molecule has 3 heterocycles. The first kappa shape index (κ1) is 31.4. The number of ether oxygens (including phenoxy) is 5. The SMILES string of the molecule is CC(=O)OC[C@H]1O[C@@H](SC2=N/C(=C\c3ccccn3)C(=O)N2c2ccccc2)[C@H](OC(C)=O)[C@@H](OC(C)=O)[C@@H]1OC(C)=O. The van der Waals surface area contributed by atoms with Crippen molar-refractivity contribution < 1.29 is 47.7 Å². The summed E-state index contributed by atoms with van der Waals surface area (Å²) in [6.45, 7) is 4.24. The zero-order valence-corrected chi connectivity index (χ0v) is 24.5. The normalized spacial score (nSPS) is 24.2. The van der Waals surface area contributed by atoms with Crippen LogP contribution in [0.2, 0.25) is 0 Å². The van der Waals surface area contributed by atoms with Crippen LogP contribution in [0.15, 0.2) is 65.4 Å². The molecule has 0 unspecified atom stereocenters. The topological polar surface area (TPSA) is 160 Å². The van der Waals surface area contributed by atoms with Crippen molar-refractivity contribution in [2.45, 2.75) is 57.5 Å². The molecule has 0 aliphatic carbocycles. The molecule has 13 nitrogen and oxygen atoms in total. The van der Waals surface area contributed by atoms with E-state index in [-0.39, 0.29) is 17.5 Å². The minimum atomic E-state index is -1.36. The Bertz CT molecular complexity index is 1430. The summed E-state index contributed by atoms with van der Waals surface area (Å²) in [7, 11) is 0. The number of nitrogens with zero attached hydrogens (tertiary/aromatic N) is 3. The van der Waals surface area contributed by atoms with Crippen molar-refractivity contribution in [3.63, 3.8) is 0 Å². The van der Waals surface area contributed by atoms with Crippen molar-refractivity contribution in [2.24, 2.45) is 4.99 Å². The van der Waals surface area contributed by atoms with Crippen molar-refractivity contribution in [3.8, 4) is 0 Å². The highest BCUT2D eigenvalue weighted by Crippen LogP contribution is 2.38. The third kappa shape index (κ3) is 8.05. The van der Waals surface area contributed by atoms with E-state index >= 15 is 0 Å². The summed E-state index contributed by atoms with van der Waals surface area (Å²) in [5, 5.41) is 0.152. The van der Waals surface area contributed by atoms with E-state index < -0.39 is 59.6 Å². The molecule has 1 saturated heterocycles. The van der Waals surface area contributed by atoms with Gasteiger partial charge in [0.15, 0.2) is 28.9 Å². The maximum atomic E-state index is 13.6. The molecule has 0 saturated carbocycles. The number of pyridine rings is 1. The first-order chi connectivity index (χ1) is 20.5. The van der Waals surface area contributed by atoms with E-state index in [1.165, 1.54) is 17.9 Å². The number of anilines is 1. The Kier molecular flexibility index (Phi) is 10.3. The number of carbonyl (C=O) groups is 5. The maximum absolute atomic E-state index is 13.6. The third-order valence-corrected chi connectivity index (χ3v) is 7.08. The lowest BCUT2D eigenvalue weighted by Gasteiger charge is -2.44. The molecular formula is C29H29N3O10S. The Balaban J connectivity index is 1.78. The van der Waals surface area contributed by atoms with Gasteiger partial charge < -0.3 is 23.7 Å². The lowest BCUT2D eigenvalue weighted by molar-refractivity contribution is -0.237. The molecular weight excluding hydrogens is 582 g/mol. The average molecular weight is 612 g/mol. The van der Waals surface area contributed by atoms with Crippen molar-refractivity contribution in [3.05, 3.63) is 66.1 Å². The number of amides is 1. The van der Waals surface area contributed by atoms with Crippen LogP contribution >= 0.6 is 11.8 Å². The number of carbonyl (C=O) groups excluding carboxylic acids is 5. The van der Waals surface area contributed by atoms with Crippen LogP contribution in [0.4, 0.5) is 5.69 Å². The van der Waals surface area contributed by atoms with Gasteiger partial charge in [-0.25, -0.2) is 4.99 Å². The van der Waals surface area contributed by atoms with Crippen LogP contribution in [0.5, 0.6) is 0 Å². The van der Waals surface area contributed by atoms with Gasteiger partial charge in [-0.3, -0.25) is 33.9 Å². The van der Waals surface area contributed by atoms with Gasteiger partial charge in [-0.15, -0.1) is 0 Å². The zero-order valence-electron chi connectivity index (χ0n) is 23.7. The van der Waals surface area contributed by atoms with Gasteiger partial charge in [-0.05, 0) is 30.3 Å². The monoisotopic (exact) mass is 611 g/mol. The van der Waals surface area contributed by atoms with Crippen molar-refractivity contribution in [1.82, 2.24) is 4.98 Å². The number of aliphatic imine (C=N–C) groups is 1. The van der Waals surface area contributed by atoms with E-state index in [0.29, 0.717) is 11.4 Å². The summed E-state index contributed by atoms with van der Waals surface area (Å²) in [4.78, 5) is 71.9. The molecule has 1 fully saturated rings. The standard InChI is InChI=1S/C29H29N3O10S/c1-16(33)38-15-23-24(39-17(2)34)25(40-18(3)35)26(41-19(4)36)28(42-23)43-29-31-22(14-20-10-8-9-13-30-20)27(37)32(29)21-11-6-5-7-12-21/h5-14,23-26,28H,15H2,1-4H3/b22-14-/t23-,24-,25+,26-,28+/m1/s1. The summed E-state index contributed by atoms with van der Waals surface area (Å²) in [6.07, 6.45) is -2.03. The number of hydrogen-bond acceptors (Lipinski definition) is 13. The van der Waals surface area contributed by atoms with Gasteiger partial charge in [0, 0.05) is 33.9 Å². The Morgan fingerprint density at radius 3 is 2.09 bits per heavy atom. The highest BCUT2D eigenvalue weighted by atomic mass is 32.2. The molecule has 5 atom stereocenters. The molecule has 14 heteroatoms. The second-order valence-electron chi connectivity index (χ2n) is 9.34. The number of amidine groups is 1. The number of hydrogen-bond donors (Lipinski definition) is 0. The lowest BCUT2D eigenvalue weighted by atomic mass is 9.99. The minimum Gasteiger partial charge on any atom is -0.463 e. The predicted octanol–water partition coefficient (Wildman–Crippen LogP) is 2.64. The largest absolute Gasteiger partial charge is 0.463 e. The minimum absolute atomic E-state index is 0.0793. The second kappa shape index (κ2) is 14.1. The first-order valence-electron chi connectivity index (χ1n) is 13.1. The number of aromatic nitrogens is 1. The molecule has 2 aliphatic rings. The molecule has 1 aromatic heterocycles. The van der Waals surface area contributed by atoms with Crippen molar-refractivity contribution in [1.29, 1.82) is 0 Å². The van der Waals surface area contributed by atoms with E-state index in [4.69, 9.17) is 23.7 Å². The average Bonchev–Trinajstić information content (AvgIpc) is 3.25. The fraction of sp³-hybridized carbons (Fsp3) is 0.345. The Labute approximate surface area is 251 Å². The summed E-state index contributed by atoms with van der Waals surface area (Å²) in [6, 6.07) is 13.9. The second-order valence-corrected chi connectivity index (χ2v) is 10.4. The molecule has 1 aromatic carbocycles. The fourth-order valence-corrected chi connectivity index (χ4v) is 5.56. The Hall–Kier alpha value is -4.56. The number of para-hydroxylation sites is 1. The summed E-state index contributed by atoms with van der Waals surface area (Å²) in [5.41, 5.74) is -0.0989. The lowest BCUT2D eigenvalue weighted by Crippen LogP contribution is -2.61. The highest BCUT2D eigenvalue weighted by Gasteiger charge is 2.53. The van der Waals surface area contributed by atoms with Crippen LogP contribution in [0.3, 0.4) is 0 Å². The molecule has 0 radical (unpaired) electrons. The molecule has 2 aromatic rings. The first-order valence-corrected chi connectivity index (χ1v) is 14.0. The summed E-state index contributed by atoms with van der Waals surface area (Å²) < 4.78 is 27.9. The Morgan fingerprint density at radius 2 is 1.49 bits per heavy atom. The van der Waals surface area contributed by atoms with Crippen LogP contribution < -0.4 is 4.90 Å².